The van der Waals surface area contributed by atoms with Crippen LogP contribution in [0.1, 0.15) is 11.6 Å². The largest absolute Gasteiger partial charge is 0.327 e. The SMILES string of the molecule is CN1C=CC(c2ccc(F)c(F)c2)NC1=O. The summed E-state index contributed by atoms with van der Waals surface area (Å²) in [6.07, 6.45) is 3.29. The van der Waals surface area contributed by atoms with Gasteiger partial charge in [0.2, 0.25) is 0 Å². The number of rotatable bonds is 1. The van der Waals surface area contributed by atoms with E-state index in [2.05, 4.69) is 5.32 Å². The molecule has 0 saturated heterocycles. The molecule has 2 amide bonds. The smallest absolute Gasteiger partial charge is 0.321 e. The zero-order valence-electron chi connectivity index (χ0n) is 8.58. The van der Waals surface area contributed by atoms with E-state index < -0.39 is 17.7 Å². The molecule has 16 heavy (non-hydrogen) atoms. The third-order valence-electron chi connectivity index (χ3n) is 2.40. The molecule has 1 heterocycles. The van der Waals surface area contributed by atoms with Gasteiger partial charge in [0.15, 0.2) is 11.6 Å². The Balaban J connectivity index is 2.28. The lowest BCUT2D eigenvalue weighted by molar-refractivity contribution is 0.217. The molecule has 0 bridgehead atoms. The van der Waals surface area contributed by atoms with Gasteiger partial charge in [0.1, 0.15) is 0 Å². The molecular weight excluding hydrogens is 214 g/mol. The van der Waals surface area contributed by atoms with Gasteiger partial charge in [-0.3, -0.25) is 0 Å². The highest BCUT2D eigenvalue weighted by atomic mass is 19.2. The van der Waals surface area contributed by atoms with Crippen LogP contribution in [0.4, 0.5) is 13.6 Å². The first-order valence-electron chi connectivity index (χ1n) is 4.74. The summed E-state index contributed by atoms with van der Waals surface area (Å²) < 4.78 is 25.7. The summed E-state index contributed by atoms with van der Waals surface area (Å²) in [5, 5.41) is 2.64. The Morgan fingerprint density at radius 1 is 1.31 bits per heavy atom. The Morgan fingerprint density at radius 2 is 2.06 bits per heavy atom. The minimum absolute atomic E-state index is 0.280. The number of hydrogen-bond donors (Lipinski definition) is 1. The number of urea groups is 1. The van der Waals surface area contributed by atoms with Gasteiger partial charge in [-0.15, -0.1) is 0 Å². The molecule has 1 unspecified atom stereocenters. The minimum Gasteiger partial charge on any atom is -0.327 e. The first kappa shape index (κ1) is 10.6. The fourth-order valence-electron chi connectivity index (χ4n) is 1.47. The predicted molar refractivity (Wildman–Crippen MR) is 54.5 cm³/mol. The van der Waals surface area contributed by atoms with Gasteiger partial charge in [-0.2, -0.15) is 0 Å². The van der Waals surface area contributed by atoms with E-state index in [-0.39, 0.29) is 6.03 Å². The van der Waals surface area contributed by atoms with E-state index in [0.717, 1.165) is 12.1 Å². The molecule has 5 heteroatoms. The molecule has 1 N–H and O–H groups in total. The molecule has 0 radical (unpaired) electrons. The number of amides is 2. The monoisotopic (exact) mass is 224 g/mol. The van der Waals surface area contributed by atoms with Gasteiger partial charge in [0.25, 0.3) is 0 Å². The molecule has 1 aliphatic heterocycles. The van der Waals surface area contributed by atoms with E-state index in [0.29, 0.717) is 5.56 Å². The topological polar surface area (TPSA) is 32.3 Å². The van der Waals surface area contributed by atoms with Crippen LogP contribution in [0.3, 0.4) is 0 Å². The van der Waals surface area contributed by atoms with Crippen molar-refractivity contribution < 1.29 is 13.6 Å². The number of nitrogens with one attached hydrogen (secondary N) is 1. The molecule has 0 aromatic heterocycles. The first-order chi connectivity index (χ1) is 7.58. The van der Waals surface area contributed by atoms with E-state index in [1.807, 2.05) is 0 Å². The fourth-order valence-corrected chi connectivity index (χ4v) is 1.47. The van der Waals surface area contributed by atoms with Crippen LogP contribution in [0.25, 0.3) is 0 Å². The second-order valence-corrected chi connectivity index (χ2v) is 3.55. The second kappa shape index (κ2) is 3.92. The molecule has 3 nitrogen and oxygen atoms in total. The Hall–Kier alpha value is -1.91. The number of benzene rings is 1. The molecule has 1 aromatic rings. The summed E-state index contributed by atoms with van der Waals surface area (Å²) >= 11 is 0. The van der Waals surface area contributed by atoms with Crippen molar-refractivity contribution in [3.63, 3.8) is 0 Å². The molecule has 0 fully saturated rings. The van der Waals surface area contributed by atoms with Gasteiger partial charge >= 0.3 is 6.03 Å². The Bertz CT molecular complexity index is 459. The molecule has 0 spiro atoms. The maximum absolute atomic E-state index is 13.0. The van der Waals surface area contributed by atoms with Crippen molar-refractivity contribution in [3.8, 4) is 0 Å². The van der Waals surface area contributed by atoms with E-state index >= 15 is 0 Å². The Labute approximate surface area is 91.4 Å². The summed E-state index contributed by atoms with van der Waals surface area (Å²) in [6.45, 7) is 0. The second-order valence-electron chi connectivity index (χ2n) is 3.55. The molecule has 2 rings (SSSR count). The molecule has 1 aliphatic rings. The van der Waals surface area contributed by atoms with Crippen molar-refractivity contribution in [1.82, 2.24) is 10.2 Å². The van der Waals surface area contributed by atoms with Crippen LogP contribution in [-0.2, 0) is 0 Å². The standard InChI is InChI=1S/C11H10F2N2O/c1-15-5-4-10(14-11(15)16)7-2-3-8(12)9(13)6-7/h2-6,10H,1H3,(H,14,16). The van der Waals surface area contributed by atoms with Crippen LogP contribution in [0.2, 0.25) is 0 Å². The van der Waals surface area contributed by atoms with Gasteiger partial charge < -0.3 is 10.2 Å². The van der Waals surface area contributed by atoms with Crippen molar-refractivity contribution >= 4 is 6.03 Å². The molecule has 84 valence electrons. The summed E-state index contributed by atoms with van der Waals surface area (Å²) in [5.41, 5.74) is 0.511. The maximum atomic E-state index is 13.0. The lowest BCUT2D eigenvalue weighted by Gasteiger charge is -2.24. The fraction of sp³-hybridized carbons (Fsp3) is 0.182. The van der Waals surface area contributed by atoms with E-state index in [4.69, 9.17) is 0 Å². The summed E-state index contributed by atoms with van der Waals surface area (Å²) in [4.78, 5) is 12.7. The maximum Gasteiger partial charge on any atom is 0.321 e. The van der Waals surface area contributed by atoms with Crippen molar-refractivity contribution in [2.24, 2.45) is 0 Å². The van der Waals surface area contributed by atoms with Gasteiger partial charge in [0, 0.05) is 13.2 Å². The lowest BCUT2D eigenvalue weighted by atomic mass is 10.1. The zero-order chi connectivity index (χ0) is 11.7. The van der Waals surface area contributed by atoms with Crippen molar-refractivity contribution in [2.45, 2.75) is 6.04 Å². The Morgan fingerprint density at radius 3 is 2.69 bits per heavy atom. The van der Waals surface area contributed by atoms with Crippen molar-refractivity contribution in [2.75, 3.05) is 7.05 Å². The van der Waals surface area contributed by atoms with Crippen LogP contribution >= 0.6 is 0 Å². The molecule has 1 aromatic carbocycles. The van der Waals surface area contributed by atoms with Gasteiger partial charge in [-0.25, -0.2) is 13.6 Å². The van der Waals surface area contributed by atoms with E-state index in [9.17, 15) is 13.6 Å². The first-order valence-corrected chi connectivity index (χ1v) is 4.74. The van der Waals surface area contributed by atoms with Crippen molar-refractivity contribution in [3.05, 3.63) is 47.7 Å². The zero-order valence-corrected chi connectivity index (χ0v) is 8.58. The highest BCUT2D eigenvalue weighted by Crippen LogP contribution is 2.20. The van der Waals surface area contributed by atoms with Crippen LogP contribution in [0.15, 0.2) is 30.5 Å². The predicted octanol–water partition coefficient (Wildman–Crippen LogP) is 2.17. The highest BCUT2D eigenvalue weighted by Gasteiger charge is 2.19. The van der Waals surface area contributed by atoms with Gasteiger partial charge in [-0.1, -0.05) is 6.07 Å². The summed E-state index contributed by atoms with van der Waals surface area (Å²) in [7, 11) is 1.60. The quantitative estimate of drug-likeness (QED) is 0.779. The molecule has 1 atom stereocenters. The third-order valence-corrected chi connectivity index (χ3v) is 2.40. The minimum atomic E-state index is -0.918. The average Bonchev–Trinajstić information content (AvgIpc) is 2.26. The van der Waals surface area contributed by atoms with E-state index in [1.165, 1.54) is 11.0 Å². The number of nitrogens with zero attached hydrogens (tertiary/aromatic N) is 1. The number of halogens is 2. The highest BCUT2D eigenvalue weighted by molar-refractivity contribution is 5.77. The van der Waals surface area contributed by atoms with Gasteiger partial charge in [0.05, 0.1) is 6.04 Å². The lowest BCUT2D eigenvalue weighted by Crippen LogP contribution is -2.39. The van der Waals surface area contributed by atoms with Crippen LogP contribution in [0, 0.1) is 11.6 Å². The van der Waals surface area contributed by atoms with E-state index in [1.54, 1.807) is 19.3 Å². The summed E-state index contributed by atoms with van der Waals surface area (Å²) in [5.74, 6) is -1.81. The van der Waals surface area contributed by atoms with Crippen LogP contribution < -0.4 is 5.32 Å². The number of carbonyl (C=O) groups is 1. The molecule has 0 aliphatic carbocycles. The van der Waals surface area contributed by atoms with Gasteiger partial charge in [-0.05, 0) is 23.8 Å². The summed E-state index contributed by atoms with van der Waals surface area (Å²) in [6, 6.07) is 2.87. The van der Waals surface area contributed by atoms with Crippen molar-refractivity contribution in [1.29, 1.82) is 0 Å². The molecular formula is C11H10F2N2O. The van der Waals surface area contributed by atoms with Crippen LogP contribution in [-0.4, -0.2) is 18.0 Å². The van der Waals surface area contributed by atoms with Crippen LogP contribution in [0.5, 0.6) is 0 Å². The average molecular weight is 224 g/mol. The number of hydrogen-bond acceptors (Lipinski definition) is 1. The normalized spacial score (nSPS) is 19.8. The number of carbonyl (C=O) groups excluding carboxylic acids is 1. The third kappa shape index (κ3) is 1.88. The molecule has 0 saturated carbocycles. The Kier molecular flexibility index (Phi) is 2.60.